The van der Waals surface area contributed by atoms with Gasteiger partial charge in [0.15, 0.2) is 0 Å². The second-order valence-electron chi connectivity index (χ2n) is 3.76. The molecule has 0 aliphatic heterocycles. The SMILES string of the molecule is CCCC(C)C(=O)N(C)CC(C)O. The number of nitrogens with zero attached hydrogens (tertiary/aromatic N) is 1. The fraction of sp³-hybridized carbons (Fsp3) is 0.900. The molecule has 0 aromatic heterocycles. The van der Waals surface area contributed by atoms with E-state index in [0.29, 0.717) is 6.54 Å². The van der Waals surface area contributed by atoms with E-state index >= 15 is 0 Å². The van der Waals surface area contributed by atoms with Crippen molar-refractivity contribution in [3.8, 4) is 0 Å². The number of hydrogen-bond donors (Lipinski definition) is 1. The lowest BCUT2D eigenvalue weighted by molar-refractivity contribution is -0.135. The number of amides is 1. The molecule has 0 heterocycles. The van der Waals surface area contributed by atoms with Gasteiger partial charge >= 0.3 is 0 Å². The van der Waals surface area contributed by atoms with Crippen LogP contribution in [0, 0.1) is 5.92 Å². The highest BCUT2D eigenvalue weighted by atomic mass is 16.3. The van der Waals surface area contributed by atoms with E-state index in [0.717, 1.165) is 12.8 Å². The lowest BCUT2D eigenvalue weighted by Gasteiger charge is -2.22. The maximum atomic E-state index is 11.6. The summed E-state index contributed by atoms with van der Waals surface area (Å²) in [4.78, 5) is 13.2. The number of aliphatic hydroxyl groups excluding tert-OH is 1. The van der Waals surface area contributed by atoms with Gasteiger partial charge in [0, 0.05) is 19.5 Å². The second-order valence-corrected chi connectivity index (χ2v) is 3.76. The fourth-order valence-corrected chi connectivity index (χ4v) is 1.42. The summed E-state index contributed by atoms with van der Waals surface area (Å²) in [5, 5.41) is 9.09. The smallest absolute Gasteiger partial charge is 0.225 e. The summed E-state index contributed by atoms with van der Waals surface area (Å²) >= 11 is 0. The van der Waals surface area contributed by atoms with Crippen LogP contribution in [0.1, 0.15) is 33.6 Å². The molecule has 2 atom stereocenters. The number of rotatable bonds is 5. The number of hydrogen-bond acceptors (Lipinski definition) is 2. The first-order valence-corrected chi connectivity index (χ1v) is 4.92. The Bertz CT molecular complexity index is 157. The molecule has 0 aromatic rings. The Hall–Kier alpha value is -0.570. The van der Waals surface area contributed by atoms with E-state index in [4.69, 9.17) is 5.11 Å². The minimum atomic E-state index is -0.442. The van der Waals surface area contributed by atoms with Crippen LogP contribution in [0.15, 0.2) is 0 Å². The molecule has 0 radical (unpaired) electrons. The van der Waals surface area contributed by atoms with Crippen LogP contribution < -0.4 is 0 Å². The third kappa shape index (κ3) is 4.88. The Kier molecular flexibility index (Phi) is 5.71. The predicted octanol–water partition coefficient (Wildman–Crippen LogP) is 1.26. The highest BCUT2D eigenvalue weighted by Crippen LogP contribution is 2.08. The van der Waals surface area contributed by atoms with Crippen molar-refractivity contribution in [2.24, 2.45) is 5.92 Å². The van der Waals surface area contributed by atoms with Gasteiger partial charge in [0.2, 0.25) is 5.91 Å². The van der Waals surface area contributed by atoms with Crippen molar-refractivity contribution in [3.05, 3.63) is 0 Å². The van der Waals surface area contributed by atoms with Crippen molar-refractivity contribution in [3.63, 3.8) is 0 Å². The first-order valence-electron chi connectivity index (χ1n) is 4.92. The molecule has 0 aromatic carbocycles. The van der Waals surface area contributed by atoms with E-state index in [1.165, 1.54) is 0 Å². The quantitative estimate of drug-likeness (QED) is 0.704. The normalized spacial score (nSPS) is 15.2. The maximum Gasteiger partial charge on any atom is 0.225 e. The maximum absolute atomic E-state index is 11.6. The number of carbonyl (C=O) groups excluding carboxylic acids is 1. The van der Waals surface area contributed by atoms with Gasteiger partial charge in [-0.15, -0.1) is 0 Å². The Morgan fingerprint density at radius 3 is 2.38 bits per heavy atom. The van der Waals surface area contributed by atoms with E-state index in [1.807, 2.05) is 6.92 Å². The molecule has 3 heteroatoms. The number of carbonyl (C=O) groups is 1. The summed E-state index contributed by atoms with van der Waals surface area (Å²) in [6, 6.07) is 0. The van der Waals surface area contributed by atoms with E-state index in [9.17, 15) is 4.79 Å². The molecule has 78 valence electrons. The van der Waals surface area contributed by atoms with Crippen LogP contribution in [0.4, 0.5) is 0 Å². The van der Waals surface area contributed by atoms with Crippen LogP contribution in [0.2, 0.25) is 0 Å². The van der Waals surface area contributed by atoms with E-state index < -0.39 is 6.10 Å². The Morgan fingerprint density at radius 2 is 2.00 bits per heavy atom. The van der Waals surface area contributed by atoms with Crippen molar-refractivity contribution in [2.75, 3.05) is 13.6 Å². The third-order valence-electron chi connectivity index (χ3n) is 2.06. The van der Waals surface area contributed by atoms with Gasteiger partial charge in [-0.3, -0.25) is 4.79 Å². The van der Waals surface area contributed by atoms with Crippen LogP contribution in [-0.4, -0.2) is 35.6 Å². The van der Waals surface area contributed by atoms with Crippen molar-refractivity contribution < 1.29 is 9.90 Å². The monoisotopic (exact) mass is 187 g/mol. The molecule has 0 fully saturated rings. The molecule has 1 amide bonds. The van der Waals surface area contributed by atoms with E-state index in [-0.39, 0.29) is 11.8 Å². The summed E-state index contributed by atoms with van der Waals surface area (Å²) in [7, 11) is 1.74. The van der Waals surface area contributed by atoms with Gasteiger partial charge < -0.3 is 10.0 Å². The first-order chi connectivity index (χ1) is 5.99. The van der Waals surface area contributed by atoms with E-state index in [2.05, 4.69) is 6.92 Å². The molecule has 13 heavy (non-hydrogen) atoms. The van der Waals surface area contributed by atoms with Crippen molar-refractivity contribution >= 4 is 5.91 Å². The van der Waals surface area contributed by atoms with Crippen LogP contribution >= 0.6 is 0 Å². The number of likely N-dealkylation sites (N-methyl/N-ethyl adjacent to an activating group) is 1. The van der Waals surface area contributed by atoms with Crippen LogP contribution in [0.3, 0.4) is 0 Å². The fourth-order valence-electron chi connectivity index (χ4n) is 1.42. The van der Waals surface area contributed by atoms with Crippen molar-refractivity contribution in [2.45, 2.75) is 39.7 Å². The predicted molar refractivity (Wildman–Crippen MR) is 53.4 cm³/mol. The lowest BCUT2D eigenvalue weighted by Crippen LogP contribution is -2.36. The summed E-state index contributed by atoms with van der Waals surface area (Å²) in [6.45, 7) is 6.12. The molecule has 3 nitrogen and oxygen atoms in total. The number of aliphatic hydroxyl groups is 1. The average Bonchev–Trinajstić information content (AvgIpc) is 2.02. The summed E-state index contributed by atoms with van der Waals surface area (Å²) in [6.07, 6.45) is 1.50. The zero-order chi connectivity index (χ0) is 10.4. The van der Waals surface area contributed by atoms with Gasteiger partial charge in [-0.25, -0.2) is 0 Å². The van der Waals surface area contributed by atoms with Gasteiger partial charge in [0.05, 0.1) is 6.10 Å². The van der Waals surface area contributed by atoms with Crippen molar-refractivity contribution in [1.82, 2.24) is 4.90 Å². The van der Waals surface area contributed by atoms with Crippen molar-refractivity contribution in [1.29, 1.82) is 0 Å². The standard InChI is InChI=1S/C10H21NO2/c1-5-6-8(2)10(13)11(4)7-9(3)12/h8-9,12H,5-7H2,1-4H3. The molecule has 0 saturated carbocycles. The topological polar surface area (TPSA) is 40.5 Å². The van der Waals surface area contributed by atoms with Gasteiger partial charge in [0.1, 0.15) is 0 Å². The van der Waals surface area contributed by atoms with Gasteiger partial charge in [-0.1, -0.05) is 20.3 Å². The zero-order valence-electron chi connectivity index (χ0n) is 9.08. The van der Waals surface area contributed by atoms with Gasteiger partial charge in [-0.2, -0.15) is 0 Å². The Morgan fingerprint density at radius 1 is 1.46 bits per heavy atom. The van der Waals surface area contributed by atoms with Crippen LogP contribution in [0.25, 0.3) is 0 Å². The molecule has 0 saturated heterocycles. The van der Waals surface area contributed by atoms with Gasteiger partial charge in [-0.05, 0) is 13.3 Å². The highest BCUT2D eigenvalue weighted by molar-refractivity contribution is 5.78. The minimum Gasteiger partial charge on any atom is -0.392 e. The van der Waals surface area contributed by atoms with Gasteiger partial charge in [0.25, 0.3) is 0 Å². The summed E-state index contributed by atoms with van der Waals surface area (Å²) < 4.78 is 0. The average molecular weight is 187 g/mol. The van der Waals surface area contributed by atoms with Crippen LogP contribution in [0.5, 0.6) is 0 Å². The molecule has 0 bridgehead atoms. The molecule has 2 unspecified atom stereocenters. The second kappa shape index (κ2) is 5.97. The molecular weight excluding hydrogens is 166 g/mol. The molecule has 1 N–H and O–H groups in total. The summed E-state index contributed by atoms with van der Waals surface area (Å²) in [5.74, 6) is 0.205. The Labute approximate surface area is 80.7 Å². The largest absolute Gasteiger partial charge is 0.392 e. The molecule has 0 aliphatic carbocycles. The third-order valence-corrected chi connectivity index (χ3v) is 2.06. The summed E-state index contributed by atoms with van der Waals surface area (Å²) in [5.41, 5.74) is 0. The zero-order valence-corrected chi connectivity index (χ0v) is 9.08. The Balaban J connectivity index is 3.94. The molecular formula is C10H21NO2. The van der Waals surface area contributed by atoms with Crippen LogP contribution in [-0.2, 0) is 4.79 Å². The molecule has 0 spiro atoms. The molecule has 0 aliphatic rings. The highest BCUT2D eigenvalue weighted by Gasteiger charge is 2.17. The molecule has 0 rings (SSSR count). The first kappa shape index (κ1) is 12.4. The minimum absolute atomic E-state index is 0.0775. The van der Waals surface area contributed by atoms with E-state index in [1.54, 1.807) is 18.9 Å². The lowest BCUT2D eigenvalue weighted by atomic mass is 10.0.